The van der Waals surface area contributed by atoms with E-state index in [-0.39, 0.29) is 5.41 Å². The van der Waals surface area contributed by atoms with Crippen molar-refractivity contribution in [2.24, 2.45) is 4.99 Å². The molecule has 1 rings (SSSR count). The van der Waals surface area contributed by atoms with E-state index in [1.807, 2.05) is 20.8 Å². The molecule has 0 bridgehead atoms. The standard InChI is InChI=1S/C18H33N5O2S/c1-17(2,3)14-23-13(12-26-14)11-22-15(19-7)20-9-8-10-21-16(24)25-18(4,5)6/h12H,8-11H2,1-7H3,(H,21,24)(H2,19,20,22). The molecule has 1 aromatic heterocycles. The van der Waals surface area contributed by atoms with Gasteiger partial charge in [-0.1, -0.05) is 20.8 Å². The summed E-state index contributed by atoms with van der Waals surface area (Å²) in [5.41, 5.74) is 0.607. The number of ether oxygens (including phenoxy) is 1. The molecule has 3 N–H and O–H groups in total. The predicted molar refractivity (Wildman–Crippen MR) is 108 cm³/mol. The zero-order chi connectivity index (χ0) is 19.8. The van der Waals surface area contributed by atoms with Crippen LogP contribution in [0.4, 0.5) is 4.79 Å². The number of carbonyl (C=O) groups is 1. The van der Waals surface area contributed by atoms with E-state index in [1.54, 1.807) is 18.4 Å². The van der Waals surface area contributed by atoms with Crippen molar-refractivity contribution in [3.05, 3.63) is 16.1 Å². The number of aliphatic imine (C=N–C) groups is 1. The normalized spacial score (nSPS) is 12.7. The number of hydrogen-bond acceptors (Lipinski definition) is 5. The number of carbonyl (C=O) groups excluding carboxylic acids is 1. The maximum atomic E-state index is 11.5. The molecule has 0 aliphatic heterocycles. The van der Waals surface area contributed by atoms with Crippen LogP contribution in [0.1, 0.15) is 58.7 Å². The molecule has 0 saturated heterocycles. The highest BCUT2D eigenvalue weighted by molar-refractivity contribution is 7.09. The average molecular weight is 384 g/mol. The van der Waals surface area contributed by atoms with Gasteiger partial charge in [0.05, 0.1) is 17.2 Å². The first-order valence-corrected chi connectivity index (χ1v) is 9.75. The van der Waals surface area contributed by atoms with E-state index in [1.165, 1.54) is 0 Å². The van der Waals surface area contributed by atoms with E-state index in [9.17, 15) is 4.79 Å². The number of guanidine groups is 1. The second-order valence-electron chi connectivity index (χ2n) is 8.03. The number of hydrogen-bond donors (Lipinski definition) is 3. The van der Waals surface area contributed by atoms with E-state index >= 15 is 0 Å². The molecule has 1 amide bonds. The van der Waals surface area contributed by atoms with Gasteiger partial charge in [-0.25, -0.2) is 9.78 Å². The highest BCUT2D eigenvalue weighted by atomic mass is 32.1. The average Bonchev–Trinajstić information content (AvgIpc) is 2.97. The van der Waals surface area contributed by atoms with Gasteiger partial charge in [-0.2, -0.15) is 0 Å². The Balaban J connectivity index is 2.25. The van der Waals surface area contributed by atoms with Crippen molar-refractivity contribution < 1.29 is 9.53 Å². The van der Waals surface area contributed by atoms with Crippen molar-refractivity contribution in [3.63, 3.8) is 0 Å². The van der Waals surface area contributed by atoms with Gasteiger partial charge in [0.25, 0.3) is 0 Å². The van der Waals surface area contributed by atoms with Crippen LogP contribution in [-0.4, -0.2) is 42.8 Å². The Morgan fingerprint density at radius 2 is 1.81 bits per heavy atom. The molecule has 8 heteroatoms. The first-order valence-electron chi connectivity index (χ1n) is 8.87. The van der Waals surface area contributed by atoms with Crippen LogP contribution in [0.15, 0.2) is 10.4 Å². The van der Waals surface area contributed by atoms with E-state index in [0.29, 0.717) is 25.6 Å². The number of nitrogens with one attached hydrogen (secondary N) is 3. The van der Waals surface area contributed by atoms with Crippen LogP contribution in [0.2, 0.25) is 0 Å². The monoisotopic (exact) mass is 383 g/mol. The smallest absolute Gasteiger partial charge is 0.407 e. The zero-order valence-electron chi connectivity index (χ0n) is 17.0. The molecule has 1 aromatic rings. The fraction of sp³-hybridized carbons (Fsp3) is 0.722. The summed E-state index contributed by atoms with van der Waals surface area (Å²) in [5, 5.41) is 12.4. The molecule has 0 unspecified atom stereocenters. The Hall–Kier alpha value is -1.83. The second kappa shape index (κ2) is 9.75. The fourth-order valence-electron chi connectivity index (χ4n) is 1.93. The Kier molecular flexibility index (Phi) is 8.33. The minimum atomic E-state index is -0.475. The van der Waals surface area contributed by atoms with Crippen molar-refractivity contribution in [2.45, 2.75) is 65.5 Å². The van der Waals surface area contributed by atoms with Crippen molar-refractivity contribution in [1.29, 1.82) is 0 Å². The lowest BCUT2D eigenvalue weighted by atomic mass is 9.98. The largest absolute Gasteiger partial charge is 0.444 e. The Morgan fingerprint density at radius 3 is 2.35 bits per heavy atom. The summed E-state index contributed by atoms with van der Waals surface area (Å²) < 4.78 is 5.19. The SMILES string of the molecule is CN=C(NCCCNC(=O)OC(C)(C)C)NCc1csc(C(C)(C)C)n1. The molecule has 26 heavy (non-hydrogen) atoms. The first kappa shape index (κ1) is 22.2. The van der Waals surface area contributed by atoms with Gasteiger partial charge in [0.1, 0.15) is 5.60 Å². The Labute approximate surface area is 161 Å². The Bertz CT molecular complexity index is 599. The molecular weight excluding hydrogens is 350 g/mol. The third kappa shape index (κ3) is 9.03. The van der Waals surface area contributed by atoms with Crippen molar-refractivity contribution >= 4 is 23.4 Å². The van der Waals surface area contributed by atoms with Crippen LogP contribution < -0.4 is 16.0 Å². The quantitative estimate of drug-likeness (QED) is 0.399. The highest BCUT2D eigenvalue weighted by Crippen LogP contribution is 2.25. The maximum absolute atomic E-state index is 11.5. The van der Waals surface area contributed by atoms with Crippen LogP contribution in [-0.2, 0) is 16.7 Å². The number of aromatic nitrogens is 1. The molecule has 0 aromatic carbocycles. The number of thiazole rings is 1. The van der Waals surface area contributed by atoms with Gasteiger partial charge >= 0.3 is 6.09 Å². The van der Waals surface area contributed by atoms with Crippen LogP contribution in [0, 0.1) is 0 Å². The summed E-state index contributed by atoms with van der Waals surface area (Å²) in [6.45, 7) is 13.9. The minimum absolute atomic E-state index is 0.0734. The van der Waals surface area contributed by atoms with Crippen LogP contribution >= 0.6 is 11.3 Å². The molecule has 0 aliphatic carbocycles. The lowest BCUT2D eigenvalue weighted by Gasteiger charge is -2.19. The summed E-state index contributed by atoms with van der Waals surface area (Å²) >= 11 is 1.68. The topological polar surface area (TPSA) is 87.6 Å². The maximum Gasteiger partial charge on any atom is 0.407 e. The molecule has 0 radical (unpaired) electrons. The van der Waals surface area contributed by atoms with Gasteiger partial charge in [0.15, 0.2) is 5.96 Å². The third-order valence-electron chi connectivity index (χ3n) is 3.17. The minimum Gasteiger partial charge on any atom is -0.444 e. The number of alkyl carbamates (subject to hydrolysis) is 1. The Morgan fingerprint density at radius 1 is 1.15 bits per heavy atom. The summed E-state index contributed by atoms with van der Waals surface area (Å²) in [6.07, 6.45) is 0.378. The molecule has 0 fully saturated rings. The summed E-state index contributed by atoms with van der Waals surface area (Å²) in [5.74, 6) is 0.715. The molecule has 1 heterocycles. The van der Waals surface area contributed by atoms with Gasteiger partial charge in [0.2, 0.25) is 0 Å². The van der Waals surface area contributed by atoms with Gasteiger partial charge in [-0.15, -0.1) is 11.3 Å². The zero-order valence-corrected chi connectivity index (χ0v) is 17.8. The van der Waals surface area contributed by atoms with E-state index < -0.39 is 11.7 Å². The van der Waals surface area contributed by atoms with Crippen LogP contribution in [0.25, 0.3) is 0 Å². The van der Waals surface area contributed by atoms with Crippen molar-refractivity contribution in [3.8, 4) is 0 Å². The van der Waals surface area contributed by atoms with E-state index in [2.05, 4.69) is 52.1 Å². The predicted octanol–water partition coefficient (Wildman–Crippen LogP) is 3.02. The highest BCUT2D eigenvalue weighted by Gasteiger charge is 2.18. The molecule has 0 spiro atoms. The molecule has 0 aliphatic rings. The summed E-state index contributed by atoms with van der Waals surface area (Å²) in [7, 11) is 1.73. The van der Waals surface area contributed by atoms with E-state index in [4.69, 9.17) is 4.74 Å². The van der Waals surface area contributed by atoms with Crippen LogP contribution in [0.3, 0.4) is 0 Å². The third-order valence-corrected chi connectivity index (χ3v) is 4.48. The number of nitrogens with zero attached hydrogens (tertiary/aromatic N) is 2. The van der Waals surface area contributed by atoms with Crippen molar-refractivity contribution in [2.75, 3.05) is 20.1 Å². The van der Waals surface area contributed by atoms with E-state index in [0.717, 1.165) is 17.1 Å². The summed E-state index contributed by atoms with van der Waals surface area (Å²) in [6, 6.07) is 0. The van der Waals surface area contributed by atoms with Crippen molar-refractivity contribution in [1.82, 2.24) is 20.9 Å². The molecular formula is C18H33N5O2S. The number of rotatable bonds is 6. The summed E-state index contributed by atoms with van der Waals surface area (Å²) in [4.78, 5) is 20.4. The van der Waals surface area contributed by atoms with Crippen LogP contribution in [0.5, 0.6) is 0 Å². The first-order chi connectivity index (χ1) is 12.0. The molecule has 148 valence electrons. The lowest BCUT2D eigenvalue weighted by Crippen LogP contribution is -2.39. The van der Waals surface area contributed by atoms with Gasteiger partial charge < -0.3 is 20.7 Å². The van der Waals surface area contributed by atoms with Gasteiger partial charge in [0, 0.05) is 30.9 Å². The molecule has 7 nitrogen and oxygen atoms in total. The number of amides is 1. The second-order valence-corrected chi connectivity index (χ2v) is 8.89. The lowest BCUT2D eigenvalue weighted by molar-refractivity contribution is 0.0527. The molecule has 0 atom stereocenters. The fourth-order valence-corrected chi connectivity index (χ4v) is 2.83. The van der Waals surface area contributed by atoms with Gasteiger partial charge in [-0.3, -0.25) is 4.99 Å². The van der Waals surface area contributed by atoms with Gasteiger partial charge in [-0.05, 0) is 27.2 Å². The molecule has 0 saturated carbocycles.